The number of aliphatic imine (C=N–C) groups is 1. The molecule has 0 fully saturated rings. The topological polar surface area (TPSA) is 65.0 Å². The van der Waals surface area contributed by atoms with Gasteiger partial charge in [-0.1, -0.05) is 56.3 Å². The van der Waals surface area contributed by atoms with Crippen molar-refractivity contribution in [1.29, 1.82) is 0 Å². The molecule has 2 aromatic rings. The Balaban J connectivity index is 1.66. The summed E-state index contributed by atoms with van der Waals surface area (Å²) >= 11 is 0. The highest BCUT2D eigenvalue weighted by Crippen LogP contribution is 2.47. The number of carbonyl (C=O) groups is 2. The van der Waals surface area contributed by atoms with Crippen molar-refractivity contribution < 1.29 is 19.1 Å². The number of benzene rings is 2. The second kappa shape index (κ2) is 8.73. The number of hydrogen-bond acceptors (Lipinski definition) is 5. The van der Waals surface area contributed by atoms with Gasteiger partial charge in [-0.25, -0.2) is 0 Å². The largest absolute Gasteiger partial charge is 0.497 e. The van der Waals surface area contributed by atoms with Gasteiger partial charge >= 0.3 is 5.97 Å². The third-order valence-corrected chi connectivity index (χ3v) is 6.25. The van der Waals surface area contributed by atoms with Crippen LogP contribution >= 0.6 is 0 Å². The van der Waals surface area contributed by atoms with Gasteiger partial charge in [0.25, 0.3) is 0 Å². The molecule has 1 aliphatic carbocycles. The molecule has 1 aliphatic heterocycles. The van der Waals surface area contributed by atoms with E-state index in [0.717, 1.165) is 29.0 Å². The number of Topliss-reactive ketones (excluding diaryl/α,β-unsaturated/α-hetero) is 1. The third kappa shape index (κ3) is 4.38. The van der Waals surface area contributed by atoms with E-state index in [0.29, 0.717) is 17.7 Å². The molecule has 32 heavy (non-hydrogen) atoms. The van der Waals surface area contributed by atoms with Crippen molar-refractivity contribution in [3.05, 3.63) is 77.0 Å². The zero-order valence-corrected chi connectivity index (χ0v) is 19.1. The Bertz CT molecular complexity index is 1080. The fourth-order valence-electron chi connectivity index (χ4n) is 4.74. The molecule has 4 rings (SSSR count). The molecule has 0 aromatic heterocycles. The molecule has 0 spiro atoms. The molecule has 5 heteroatoms. The summed E-state index contributed by atoms with van der Waals surface area (Å²) in [7, 11) is 1.61. The summed E-state index contributed by atoms with van der Waals surface area (Å²) in [6.45, 7) is 6.20. The summed E-state index contributed by atoms with van der Waals surface area (Å²) in [5.41, 5.74) is 3.86. The van der Waals surface area contributed by atoms with Crippen LogP contribution in [0.5, 0.6) is 5.75 Å². The average Bonchev–Trinajstić information content (AvgIpc) is 2.76. The number of ketones is 1. The van der Waals surface area contributed by atoms with Gasteiger partial charge in [0, 0.05) is 29.3 Å². The van der Waals surface area contributed by atoms with Crippen molar-refractivity contribution in [3.63, 3.8) is 0 Å². The van der Waals surface area contributed by atoms with E-state index in [1.54, 1.807) is 7.11 Å². The minimum Gasteiger partial charge on any atom is -0.497 e. The number of esters is 1. The highest BCUT2D eigenvalue weighted by molar-refractivity contribution is 6.09. The van der Waals surface area contributed by atoms with E-state index < -0.39 is 5.92 Å². The monoisotopic (exact) mass is 431 g/mol. The summed E-state index contributed by atoms with van der Waals surface area (Å²) in [5, 5.41) is 0. The zero-order valence-electron chi connectivity index (χ0n) is 19.1. The van der Waals surface area contributed by atoms with Crippen molar-refractivity contribution >= 4 is 17.5 Å². The maximum absolute atomic E-state index is 13.3. The average molecular weight is 432 g/mol. The fraction of sp³-hybridized carbons (Fsp3) is 0.370. The molecule has 2 atom stereocenters. The van der Waals surface area contributed by atoms with Crippen LogP contribution in [-0.2, 0) is 20.9 Å². The molecule has 2 aromatic carbocycles. The predicted molar refractivity (Wildman–Crippen MR) is 124 cm³/mol. The molecule has 1 heterocycles. The van der Waals surface area contributed by atoms with E-state index >= 15 is 0 Å². The molecule has 0 radical (unpaired) electrons. The Kier molecular flexibility index (Phi) is 6.00. The summed E-state index contributed by atoms with van der Waals surface area (Å²) in [4.78, 5) is 31.4. The smallest absolute Gasteiger partial charge is 0.315 e. The van der Waals surface area contributed by atoms with E-state index in [1.165, 1.54) is 0 Å². The van der Waals surface area contributed by atoms with Crippen molar-refractivity contribution in [1.82, 2.24) is 0 Å². The third-order valence-electron chi connectivity index (χ3n) is 6.25. The minimum absolute atomic E-state index is 0.0781. The summed E-state index contributed by atoms with van der Waals surface area (Å²) in [6, 6.07) is 17.2. The van der Waals surface area contributed by atoms with Crippen molar-refractivity contribution in [2.45, 2.75) is 46.1 Å². The maximum Gasteiger partial charge on any atom is 0.315 e. The standard InChI is InChI=1S/C27H29NO4/c1-17-23(26(30)32-16-18-10-12-20(31-4)13-11-18)24(19-8-6-5-7-9-19)25-21(28-17)14-27(2,3)15-22(25)29/h5-13,23-24H,14-16H2,1-4H3/t23?,24-/m0/s1. The summed E-state index contributed by atoms with van der Waals surface area (Å²) in [5.74, 6) is -0.540. The SMILES string of the molecule is COc1ccc(COC(=O)C2C(C)=NC3=C(C(=O)CC(C)(C)C3)[C@H]2c2ccccc2)cc1. The van der Waals surface area contributed by atoms with Gasteiger partial charge < -0.3 is 9.47 Å². The quantitative estimate of drug-likeness (QED) is 0.606. The van der Waals surface area contributed by atoms with E-state index in [1.807, 2.05) is 61.5 Å². The van der Waals surface area contributed by atoms with Crippen LogP contribution in [0.25, 0.3) is 0 Å². The second-order valence-corrected chi connectivity index (χ2v) is 9.38. The van der Waals surface area contributed by atoms with Gasteiger partial charge in [0.05, 0.1) is 7.11 Å². The highest BCUT2D eigenvalue weighted by Gasteiger charge is 2.45. The van der Waals surface area contributed by atoms with Crippen LogP contribution in [0.3, 0.4) is 0 Å². The first-order chi connectivity index (χ1) is 15.3. The minimum atomic E-state index is -0.625. The molecule has 5 nitrogen and oxygen atoms in total. The molecule has 0 amide bonds. The normalized spacial score (nSPS) is 22.1. The van der Waals surface area contributed by atoms with Gasteiger partial charge in [0.2, 0.25) is 0 Å². The Morgan fingerprint density at radius 1 is 1.06 bits per heavy atom. The molecule has 0 saturated carbocycles. The van der Waals surface area contributed by atoms with Crippen molar-refractivity contribution in [2.75, 3.05) is 7.11 Å². The van der Waals surface area contributed by atoms with Gasteiger partial charge in [0.1, 0.15) is 18.3 Å². The Morgan fingerprint density at radius 2 is 1.75 bits per heavy atom. The second-order valence-electron chi connectivity index (χ2n) is 9.38. The van der Waals surface area contributed by atoms with Gasteiger partial charge in [-0.3, -0.25) is 14.6 Å². The number of rotatable bonds is 5. The van der Waals surface area contributed by atoms with E-state index in [-0.39, 0.29) is 29.7 Å². The molecule has 0 saturated heterocycles. The van der Waals surface area contributed by atoms with Crippen LogP contribution in [0, 0.1) is 11.3 Å². The molecular weight excluding hydrogens is 402 g/mol. The highest BCUT2D eigenvalue weighted by atomic mass is 16.5. The van der Waals surface area contributed by atoms with Crippen LogP contribution in [0.2, 0.25) is 0 Å². The Morgan fingerprint density at radius 3 is 2.41 bits per heavy atom. The maximum atomic E-state index is 13.3. The fourth-order valence-corrected chi connectivity index (χ4v) is 4.74. The molecular formula is C27H29NO4. The van der Waals surface area contributed by atoms with Gasteiger partial charge in [-0.2, -0.15) is 0 Å². The van der Waals surface area contributed by atoms with E-state index in [4.69, 9.17) is 14.5 Å². The number of allylic oxidation sites excluding steroid dienone is 2. The Hall–Kier alpha value is -3.21. The lowest BCUT2D eigenvalue weighted by atomic mass is 9.67. The lowest BCUT2D eigenvalue weighted by molar-refractivity contribution is -0.148. The molecule has 0 N–H and O–H groups in total. The van der Waals surface area contributed by atoms with E-state index in [9.17, 15) is 9.59 Å². The number of ether oxygens (including phenoxy) is 2. The number of carbonyl (C=O) groups excluding carboxylic acids is 2. The molecule has 2 aliphatic rings. The van der Waals surface area contributed by atoms with Gasteiger partial charge in [-0.15, -0.1) is 0 Å². The van der Waals surface area contributed by atoms with Crippen LogP contribution in [0.4, 0.5) is 0 Å². The van der Waals surface area contributed by atoms with Crippen LogP contribution < -0.4 is 4.74 Å². The molecule has 0 bridgehead atoms. The summed E-state index contributed by atoms with van der Waals surface area (Å²) in [6.07, 6.45) is 1.18. The first-order valence-electron chi connectivity index (χ1n) is 10.9. The van der Waals surface area contributed by atoms with Crippen molar-refractivity contribution in [2.24, 2.45) is 16.3 Å². The van der Waals surface area contributed by atoms with E-state index in [2.05, 4.69) is 13.8 Å². The Labute approximate surface area is 189 Å². The van der Waals surface area contributed by atoms with Gasteiger partial charge in [0.15, 0.2) is 5.78 Å². The van der Waals surface area contributed by atoms with Crippen LogP contribution in [0.15, 0.2) is 70.9 Å². The van der Waals surface area contributed by atoms with Crippen LogP contribution in [-0.4, -0.2) is 24.6 Å². The van der Waals surface area contributed by atoms with Gasteiger partial charge in [-0.05, 0) is 42.0 Å². The number of methoxy groups -OCH3 is 1. The number of hydrogen-bond donors (Lipinski definition) is 0. The predicted octanol–water partition coefficient (Wildman–Crippen LogP) is 5.26. The van der Waals surface area contributed by atoms with Crippen LogP contribution in [0.1, 0.15) is 50.7 Å². The summed E-state index contributed by atoms with van der Waals surface area (Å²) < 4.78 is 10.9. The van der Waals surface area contributed by atoms with Crippen molar-refractivity contribution in [3.8, 4) is 5.75 Å². The number of nitrogens with zero attached hydrogens (tertiary/aromatic N) is 1. The molecule has 166 valence electrons. The molecule has 1 unspecified atom stereocenters. The first-order valence-corrected chi connectivity index (χ1v) is 10.9. The zero-order chi connectivity index (χ0) is 22.9. The lowest BCUT2D eigenvalue weighted by Gasteiger charge is -2.39. The first kappa shape index (κ1) is 22.0. The lowest BCUT2D eigenvalue weighted by Crippen LogP contribution is -2.39.